The molecule has 1 aliphatic rings. The molecule has 2 aromatic heterocycles. The number of amides is 2. The van der Waals surface area contributed by atoms with Crippen molar-refractivity contribution in [1.29, 1.82) is 0 Å². The van der Waals surface area contributed by atoms with Crippen molar-refractivity contribution in [3.8, 4) is 0 Å². The van der Waals surface area contributed by atoms with Gasteiger partial charge in [0.15, 0.2) is 0 Å². The zero-order valence-corrected chi connectivity index (χ0v) is 15.3. The summed E-state index contributed by atoms with van der Waals surface area (Å²) in [5.74, 6) is -0.596. The van der Waals surface area contributed by atoms with E-state index in [4.69, 9.17) is 5.73 Å². The minimum absolute atomic E-state index is 0.0543. The van der Waals surface area contributed by atoms with Crippen LogP contribution in [-0.2, 0) is 11.3 Å². The Bertz CT molecular complexity index is 1090. The van der Waals surface area contributed by atoms with Gasteiger partial charge in [0.1, 0.15) is 6.54 Å². The van der Waals surface area contributed by atoms with Crippen molar-refractivity contribution < 1.29 is 9.59 Å². The van der Waals surface area contributed by atoms with Crippen molar-refractivity contribution in [1.82, 2.24) is 14.5 Å². The number of nitrogens with zero attached hydrogens (tertiary/aromatic N) is 3. The first-order chi connectivity index (χ1) is 13.0. The summed E-state index contributed by atoms with van der Waals surface area (Å²) in [5, 5.41) is 0.495. The monoisotopic (exact) mass is 382 g/mol. The highest BCUT2D eigenvalue weighted by Crippen LogP contribution is 2.36. The van der Waals surface area contributed by atoms with Crippen LogP contribution >= 0.6 is 11.3 Å². The lowest BCUT2D eigenvalue weighted by Crippen LogP contribution is -2.36. The second-order valence-electron chi connectivity index (χ2n) is 6.51. The van der Waals surface area contributed by atoms with E-state index in [1.807, 2.05) is 12.1 Å². The molecule has 7 nitrogen and oxygen atoms in total. The van der Waals surface area contributed by atoms with Gasteiger partial charge in [-0.15, -0.1) is 11.3 Å². The van der Waals surface area contributed by atoms with Crippen molar-refractivity contribution in [2.24, 2.45) is 5.73 Å². The van der Waals surface area contributed by atoms with Crippen LogP contribution in [0.15, 0.2) is 47.5 Å². The third kappa shape index (κ3) is 3.23. The largest absolute Gasteiger partial charge is 0.365 e. The fourth-order valence-electron chi connectivity index (χ4n) is 3.48. The van der Waals surface area contributed by atoms with Crippen LogP contribution < -0.4 is 11.3 Å². The number of carbonyl (C=O) groups is 2. The van der Waals surface area contributed by atoms with E-state index in [2.05, 4.69) is 4.98 Å². The fourth-order valence-corrected chi connectivity index (χ4v) is 4.49. The summed E-state index contributed by atoms with van der Waals surface area (Å²) >= 11 is 1.32. The summed E-state index contributed by atoms with van der Waals surface area (Å²) in [4.78, 5) is 44.3. The van der Waals surface area contributed by atoms with Crippen LogP contribution in [0.1, 0.15) is 33.4 Å². The lowest BCUT2D eigenvalue weighted by Gasteiger charge is -2.24. The van der Waals surface area contributed by atoms with Gasteiger partial charge in [-0.3, -0.25) is 19.0 Å². The fraction of sp³-hybridized carbons (Fsp3) is 0.263. The minimum Gasteiger partial charge on any atom is -0.365 e. The third-order valence-corrected chi connectivity index (χ3v) is 6.01. The molecule has 4 rings (SSSR count). The summed E-state index contributed by atoms with van der Waals surface area (Å²) in [7, 11) is 0. The van der Waals surface area contributed by atoms with Gasteiger partial charge in [-0.05, 0) is 37.1 Å². The number of para-hydroxylation sites is 1. The number of aromatic nitrogens is 2. The summed E-state index contributed by atoms with van der Waals surface area (Å²) in [6.07, 6.45) is 3.13. The maximum absolute atomic E-state index is 12.9. The van der Waals surface area contributed by atoms with Gasteiger partial charge in [0.2, 0.25) is 5.91 Å². The lowest BCUT2D eigenvalue weighted by atomic mass is 10.2. The van der Waals surface area contributed by atoms with Crippen LogP contribution in [0.2, 0.25) is 0 Å². The summed E-state index contributed by atoms with van der Waals surface area (Å²) < 4.78 is 1.35. The van der Waals surface area contributed by atoms with Gasteiger partial charge in [-0.2, -0.15) is 0 Å². The molecule has 0 radical (unpaired) electrons. The maximum atomic E-state index is 12.9. The van der Waals surface area contributed by atoms with Crippen LogP contribution in [0.5, 0.6) is 0 Å². The Morgan fingerprint density at radius 3 is 2.81 bits per heavy atom. The Morgan fingerprint density at radius 2 is 2.04 bits per heavy atom. The zero-order valence-electron chi connectivity index (χ0n) is 14.5. The molecule has 3 aromatic rings. The van der Waals surface area contributed by atoms with Crippen LogP contribution in [0, 0.1) is 0 Å². The maximum Gasteiger partial charge on any atom is 0.261 e. The second-order valence-corrected chi connectivity index (χ2v) is 7.62. The molecule has 1 saturated heterocycles. The molecule has 0 saturated carbocycles. The number of likely N-dealkylation sites (tertiary alicyclic amines) is 1. The van der Waals surface area contributed by atoms with E-state index in [-0.39, 0.29) is 24.1 Å². The molecular weight excluding hydrogens is 364 g/mol. The van der Waals surface area contributed by atoms with Crippen molar-refractivity contribution in [2.45, 2.75) is 25.4 Å². The standard InChI is InChI=1S/C19H18N4O3S/c20-18(25)16-8-7-15(27-16)14-6-3-9-23(14)17(24)10-22-11-21-13-5-2-1-4-12(13)19(22)26/h1-2,4-5,7-8,11,14H,3,6,9-10H2,(H2,20,25)/t14-/m0/s1. The van der Waals surface area contributed by atoms with E-state index in [9.17, 15) is 14.4 Å². The summed E-state index contributed by atoms with van der Waals surface area (Å²) in [5.41, 5.74) is 5.72. The van der Waals surface area contributed by atoms with Gasteiger partial charge >= 0.3 is 0 Å². The quantitative estimate of drug-likeness (QED) is 0.745. The van der Waals surface area contributed by atoms with E-state index < -0.39 is 5.91 Å². The van der Waals surface area contributed by atoms with Crippen LogP contribution in [0.3, 0.4) is 0 Å². The molecular formula is C19H18N4O3S. The highest BCUT2D eigenvalue weighted by molar-refractivity contribution is 7.14. The van der Waals surface area contributed by atoms with Crippen molar-refractivity contribution in [3.05, 3.63) is 62.8 Å². The van der Waals surface area contributed by atoms with E-state index >= 15 is 0 Å². The number of rotatable bonds is 4. The molecule has 1 aliphatic heterocycles. The number of hydrogen-bond acceptors (Lipinski definition) is 5. The Kier molecular flexibility index (Phi) is 4.49. The summed E-state index contributed by atoms with van der Waals surface area (Å²) in [6, 6.07) is 10.5. The molecule has 0 spiro atoms. The molecule has 1 aromatic carbocycles. The van der Waals surface area contributed by atoms with Crippen molar-refractivity contribution in [2.75, 3.05) is 6.54 Å². The van der Waals surface area contributed by atoms with Gasteiger partial charge < -0.3 is 10.6 Å². The number of primary amides is 1. The van der Waals surface area contributed by atoms with E-state index in [0.717, 1.165) is 17.7 Å². The first kappa shape index (κ1) is 17.4. The predicted octanol–water partition coefficient (Wildman–Crippen LogP) is 1.92. The smallest absolute Gasteiger partial charge is 0.261 e. The highest BCUT2D eigenvalue weighted by Gasteiger charge is 2.31. The molecule has 138 valence electrons. The highest BCUT2D eigenvalue weighted by atomic mass is 32.1. The number of fused-ring (bicyclic) bond motifs is 1. The Hall–Kier alpha value is -3.00. The third-order valence-electron chi connectivity index (χ3n) is 4.81. The van der Waals surface area contributed by atoms with Gasteiger partial charge in [-0.1, -0.05) is 12.1 Å². The average Bonchev–Trinajstić information content (AvgIpc) is 3.33. The Balaban J connectivity index is 1.58. The Labute approximate surface area is 159 Å². The van der Waals surface area contributed by atoms with Crippen LogP contribution in [0.25, 0.3) is 10.9 Å². The molecule has 2 amide bonds. The minimum atomic E-state index is -0.462. The van der Waals surface area contributed by atoms with Gasteiger partial charge in [0.05, 0.1) is 28.1 Å². The topological polar surface area (TPSA) is 98.3 Å². The molecule has 27 heavy (non-hydrogen) atoms. The van der Waals surface area contributed by atoms with E-state index in [0.29, 0.717) is 22.3 Å². The molecule has 0 unspecified atom stereocenters. The Morgan fingerprint density at radius 1 is 1.22 bits per heavy atom. The normalized spacial score (nSPS) is 16.7. The number of benzene rings is 1. The lowest BCUT2D eigenvalue weighted by molar-refractivity contribution is -0.132. The second kappa shape index (κ2) is 6.96. The SMILES string of the molecule is NC(=O)c1ccc([C@@H]2CCCN2C(=O)Cn2cnc3ccccc3c2=O)s1. The molecule has 1 atom stereocenters. The molecule has 0 bridgehead atoms. The number of nitrogens with two attached hydrogens (primary N) is 1. The molecule has 3 heterocycles. The molecule has 2 N–H and O–H groups in total. The average molecular weight is 382 g/mol. The predicted molar refractivity (Wildman–Crippen MR) is 103 cm³/mol. The van der Waals surface area contributed by atoms with Crippen molar-refractivity contribution >= 4 is 34.1 Å². The number of thiophene rings is 1. The summed E-state index contributed by atoms with van der Waals surface area (Å²) in [6.45, 7) is 0.574. The number of carbonyl (C=O) groups excluding carboxylic acids is 2. The zero-order chi connectivity index (χ0) is 19.0. The molecule has 0 aliphatic carbocycles. The van der Waals surface area contributed by atoms with Crippen molar-refractivity contribution in [3.63, 3.8) is 0 Å². The van der Waals surface area contributed by atoms with Gasteiger partial charge in [-0.25, -0.2) is 4.98 Å². The van der Waals surface area contributed by atoms with Gasteiger partial charge in [0.25, 0.3) is 11.5 Å². The van der Waals surface area contributed by atoms with Crippen LogP contribution in [0.4, 0.5) is 0 Å². The number of hydrogen-bond donors (Lipinski definition) is 1. The van der Waals surface area contributed by atoms with E-state index in [1.165, 1.54) is 22.2 Å². The first-order valence-electron chi connectivity index (χ1n) is 8.68. The van der Waals surface area contributed by atoms with Crippen LogP contribution in [-0.4, -0.2) is 32.8 Å². The van der Waals surface area contributed by atoms with Gasteiger partial charge in [0, 0.05) is 11.4 Å². The molecule has 1 fully saturated rings. The van der Waals surface area contributed by atoms with E-state index in [1.54, 1.807) is 29.2 Å². The molecule has 8 heteroatoms. The first-order valence-corrected chi connectivity index (χ1v) is 9.49.